The molecule has 0 aliphatic heterocycles. The van der Waals surface area contributed by atoms with Gasteiger partial charge in [0.05, 0.1) is 11.3 Å². The molecule has 0 atom stereocenters. The van der Waals surface area contributed by atoms with Crippen LogP contribution in [0.4, 0.5) is 0 Å². The van der Waals surface area contributed by atoms with Crippen molar-refractivity contribution in [1.82, 2.24) is 9.38 Å². The van der Waals surface area contributed by atoms with E-state index in [4.69, 9.17) is 0 Å². The highest BCUT2D eigenvalue weighted by Gasteiger charge is 2.14. The molecule has 2 aromatic heterocycles. The van der Waals surface area contributed by atoms with Crippen LogP contribution in [0.3, 0.4) is 0 Å². The van der Waals surface area contributed by atoms with E-state index in [-0.39, 0.29) is 0 Å². The third-order valence-corrected chi connectivity index (χ3v) is 3.11. The van der Waals surface area contributed by atoms with E-state index in [1.165, 1.54) is 0 Å². The number of aryl methyl sites for hydroxylation is 1. The van der Waals surface area contributed by atoms with Crippen LogP contribution in [0, 0.1) is 6.92 Å². The minimum atomic E-state index is -0.921. The quantitative estimate of drug-likeness (QED) is 0.762. The highest BCUT2D eigenvalue weighted by Crippen LogP contribution is 2.25. The largest absolute Gasteiger partial charge is 0.478 e. The van der Waals surface area contributed by atoms with Gasteiger partial charge in [0, 0.05) is 18.0 Å². The molecule has 0 unspecified atom stereocenters. The average molecular weight is 252 g/mol. The number of carboxylic acid groups (broad SMARTS) is 1. The van der Waals surface area contributed by atoms with Crippen LogP contribution in [-0.2, 0) is 0 Å². The van der Waals surface area contributed by atoms with Gasteiger partial charge in [-0.3, -0.25) is 4.40 Å². The van der Waals surface area contributed by atoms with Crippen molar-refractivity contribution < 1.29 is 9.90 Å². The third-order valence-electron chi connectivity index (χ3n) is 3.11. The third kappa shape index (κ3) is 1.87. The molecule has 0 radical (unpaired) electrons. The summed E-state index contributed by atoms with van der Waals surface area (Å²) in [5.41, 5.74) is 3.56. The molecule has 0 spiro atoms. The lowest BCUT2D eigenvalue weighted by atomic mass is 10.0. The summed E-state index contributed by atoms with van der Waals surface area (Å²) in [6.07, 6.45) is 3.53. The van der Waals surface area contributed by atoms with E-state index in [1.54, 1.807) is 12.3 Å². The van der Waals surface area contributed by atoms with Crippen molar-refractivity contribution in [1.29, 1.82) is 0 Å². The van der Waals surface area contributed by atoms with Gasteiger partial charge >= 0.3 is 5.97 Å². The Kier molecular flexibility index (Phi) is 2.56. The van der Waals surface area contributed by atoms with E-state index in [9.17, 15) is 9.90 Å². The van der Waals surface area contributed by atoms with Crippen LogP contribution < -0.4 is 0 Å². The van der Waals surface area contributed by atoms with Gasteiger partial charge in [-0.1, -0.05) is 23.8 Å². The molecular weight excluding hydrogens is 240 g/mol. The molecule has 0 bridgehead atoms. The molecule has 0 fully saturated rings. The summed E-state index contributed by atoms with van der Waals surface area (Å²) < 4.78 is 1.89. The average Bonchev–Trinajstić information content (AvgIpc) is 2.86. The summed E-state index contributed by atoms with van der Waals surface area (Å²) >= 11 is 0. The molecule has 19 heavy (non-hydrogen) atoms. The van der Waals surface area contributed by atoms with Crippen molar-refractivity contribution >= 4 is 11.6 Å². The minimum absolute atomic E-state index is 0.307. The van der Waals surface area contributed by atoms with Crippen LogP contribution in [0.15, 0.2) is 48.8 Å². The van der Waals surface area contributed by atoms with E-state index in [1.807, 2.05) is 47.9 Å². The van der Waals surface area contributed by atoms with Crippen molar-refractivity contribution in [3.8, 4) is 11.3 Å². The van der Waals surface area contributed by atoms with Crippen LogP contribution >= 0.6 is 0 Å². The number of carboxylic acids is 1. The molecule has 2 heterocycles. The maximum Gasteiger partial charge on any atom is 0.336 e. The van der Waals surface area contributed by atoms with Crippen molar-refractivity contribution in [2.75, 3.05) is 0 Å². The minimum Gasteiger partial charge on any atom is -0.478 e. The van der Waals surface area contributed by atoms with Gasteiger partial charge in [-0.25, -0.2) is 9.78 Å². The summed E-state index contributed by atoms with van der Waals surface area (Å²) in [4.78, 5) is 15.6. The first kappa shape index (κ1) is 11.5. The van der Waals surface area contributed by atoms with Crippen LogP contribution in [0.1, 0.15) is 15.9 Å². The van der Waals surface area contributed by atoms with Crippen molar-refractivity contribution in [3.05, 3.63) is 59.9 Å². The highest BCUT2D eigenvalue weighted by molar-refractivity contribution is 5.96. The van der Waals surface area contributed by atoms with E-state index in [0.717, 1.165) is 16.9 Å². The summed E-state index contributed by atoms with van der Waals surface area (Å²) in [7, 11) is 0. The van der Waals surface area contributed by atoms with Crippen LogP contribution in [0.5, 0.6) is 0 Å². The molecule has 1 N–H and O–H groups in total. The van der Waals surface area contributed by atoms with Gasteiger partial charge in [-0.15, -0.1) is 0 Å². The maximum absolute atomic E-state index is 11.4. The summed E-state index contributed by atoms with van der Waals surface area (Å²) in [5, 5.41) is 9.35. The number of aromatic carboxylic acids is 1. The second-order valence-electron chi connectivity index (χ2n) is 4.42. The summed E-state index contributed by atoms with van der Waals surface area (Å²) in [5.74, 6) is -0.921. The Bertz CT molecular complexity index is 775. The van der Waals surface area contributed by atoms with E-state index in [0.29, 0.717) is 11.1 Å². The second kappa shape index (κ2) is 4.24. The number of rotatable bonds is 2. The topological polar surface area (TPSA) is 54.6 Å². The number of aromatic nitrogens is 2. The molecule has 94 valence electrons. The molecule has 1 aromatic carbocycles. The normalized spacial score (nSPS) is 10.8. The standard InChI is InChI=1S/C15H12N2O2/c1-10-5-6-11(12(9-10)15(18)19)13-3-2-4-14-16-7-8-17(13)14/h2-9H,1H3,(H,18,19). The molecule has 3 rings (SSSR count). The SMILES string of the molecule is Cc1ccc(-c2cccc3nccn23)c(C(=O)O)c1. The van der Waals surface area contributed by atoms with Crippen LogP contribution in [-0.4, -0.2) is 20.5 Å². The fraction of sp³-hybridized carbons (Fsp3) is 0.0667. The van der Waals surface area contributed by atoms with Gasteiger partial charge in [0.25, 0.3) is 0 Å². The van der Waals surface area contributed by atoms with Crippen molar-refractivity contribution in [2.45, 2.75) is 6.92 Å². The molecule has 3 aromatic rings. The van der Waals surface area contributed by atoms with E-state index >= 15 is 0 Å². The zero-order valence-electron chi connectivity index (χ0n) is 10.4. The molecule has 4 nitrogen and oxygen atoms in total. The van der Waals surface area contributed by atoms with Gasteiger partial charge < -0.3 is 5.11 Å². The van der Waals surface area contributed by atoms with Crippen LogP contribution in [0.25, 0.3) is 16.9 Å². The van der Waals surface area contributed by atoms with Gasteiger partial charge in [0.1, 0.15) is 5.65 Å². The number of pyridine rings is 1. The first-order chi connectivity index (χ1) is 9.16. The number of carbonyl (C=O) groups is 1. The van der Waals surface area contributed by atoms with E-state index < -0.39 is 5.97 Å². The fourth-order valence-electron chi connectivity index (χ4n) is 2.23. The molecule has 0 saturated heterocycles. The molecule has 0 aliphatic carbocycles. The molecule has 0 aliphatic rings. The Morgan fingerprint density at radius 1 is 1.26 bits per heavy atom. The lowest BCUT2D eigenvalue weighted by Gasteiger charge is -2.09. The Morgan fingerprint density at radius 3 is 2.89 bits per heavy atom. The zero-order valence-corrected chi connectivity index (χ0v) is 10.4. The molecule has 0 amide bonds. The Balaban J connectivity index is 2.33. The smallest absolute Gasteiger partial charge is 0.336 e. The van der Waals surface area contributed by atoms with Crippen molar-refractivity contribution in [2.24, 2.45) is 0 Å². The van der Waals surface area contributed by atoms with Gasteiger partial charge in [-0.2, -0.15) is 0 Å². The number of nitrogens with zero attached hydrogens (tertiary/aromatic N) is 2. The summed E-state index contributed by atoms with van der Waals surface area (Å²) in [6.45, 7) is 1.88. The van der Waals surface area contributed by atoms with Gasteiger partial charge in [-0.05, 0) is 25.1 Å². The Morgan fingerprint density at radius 2 is 2.11 bits per heavy atom. The number of hydrogen-bond acceptors (Lipinski definition) is 2. The number of fused-ring (bicyclic) bond motifs is 1. The molecular formula is C15H12N2O2. The predicted octanol–water partition coefficient (Wildman–Crippen LogP) is 3.01. The lowest BCUT2D eigenvalue weighted by molar-refractivity contribution is 0.0697. The lowest BCUT2D eigenvalue weighted by Crippen LogP contribution is -2.02. The van der Waals surface area contributed by atoms with Gasteiger partial charge in [0.2, 0.25) is 0 Å². The first-order valence-electron chi connectivity index (χ1n) is 5.93. The van der Waals surface area contributed by atoms with Crippen LogP contribution in [0.2, 0.25) is 0 Å². The predicted molar refractivity (Wildman–Crippen MR) is 72.3 cm³/mol. The first-order valence-corrected chi connectivity index (χ1v) is 5.93. The van der Waals surface area contributed by atoms with Gasteiger partial charge in [0.15, 0.2) is 0 Å². The number of benzene rings is 1. The van der Waals surface area contributed by atoms with Crippen molar-refractivity contribution in [3.63, 3.8) is 0 Å². The second-order valence-corrected chi connectivity index (χ2v) is 4.42. The monoisotopic (exact) mass is 252 g/mol. The highest BCUT2D eigenvalue weighted by atomic mass is 16.4. The summed E-state index contributed by atoms with van der Waals surface area (Å²) in [6, 6.07) is 11.1. The Labute approximate surface area is 110 Å². The zero-order chi connectivity index (χ0) is 13.4. The molecule has 0 saturated carbocycles. The number of hydrogen-bond donors (Lipinski definition) is 1. The number of imidazole rings is 1. The maximum atomic E-state index is 11.4. The Hall–Kier alpha value is -2.62. The fourth-order valence-corrected chi connectivity index (χ4v) is 2.23. The molecule has 4 heteroatoms. The van der Waals surface area contributed by atoms with E-state index in [2.05, 4.69) is 4.98 Å².